The van der Waals surface area contributed by atoms with Crippen molar-refractivity contribution in [2.75, 3.05) is 17.6 Å². The maximum absolute atomic E-state index is 13.5. The van der Waals surface area contributed by atoms with Crippen molar-refractivity contribution in [2.24, 2.45) is 0 Å². The number of hydrogen-bond acceptors (Lipinski definition) is 6. The van der Waals surface area contributed by atoms with E-state index in [1.165, 1.54) is 22.7 Å². The van der Waals surface area contributed by atoms with Gasteiger partial charge in [-0.2, -0.15) is 0 Å². The monoisotopic (exact) mass is 447 g/mol. The minimum atomic E-state index is -1.33. The summed E-state index contributed by atoms with van der Waals surface area (Å²) in [5.74, 6) is -0.525. The second kappa shape index (κ2) is 9.65. The number of aliphatic hydroxyl groups is 1. The molecule has 0 aliphatic carbocycles. The number of hydrogen-bond donors (Lipinski definition) is 1. The number of nitrogens with zero attached hydrogens (tertiary/aromatic N) is 3. The first-order chi connectivity index (χ1) is 14.7. The first-order valence-electron chi connectivity index (χ1n) is 9.96. The number of halogens is 1. The van der Waals surface area contributed by atoms with Gasteiger partial charge in [0.1, 0.15) is 22.9 Å². The summed E-state index contributed by atoms with van der Waals surface area (Å²) in [6.07, 6.45) is 4.00. The zero-order valence-corrected chi connectivity index (χ0v) is 18.7. The van der Waals surface area contributed by atoms with Crippen molar-refractivity contribution < 1.29 is 23.2 Å². The van der Waals surface area contributed by atoms with Crippen LogP contribution >= 0.6 is 0 Å². The van der Waals surface area contributed by atoms with Crippen LogP contribution in [-0.4, -0.2) is 50.8 Å². The molecule has 0 spiro atoms. The Bertz CT molecular complexity index is 1010. The lowest BCUT2D eigenvalue weighted by atomic mass is 9.97. The fourth-order valence-corrected chi connectivity index (χ4v) is 3.60. The summed E-state index contributed by atoms with van der Waals surface area (Å²) < 4.78 is 32.3. The highest BCUT2D eigenvalue weighted by Crippen LogP contribution is 2.32. The molecule has 3 unspecified atom stereocenters. The zero-order chi connectivity index (χ0) is 22.7. The van der Waals surface area contributed by atoms with Crippen LogP contribution < -0.4 is 4.31 Å². The van der Waals surface area contributed by atoms with E-state index in [1.54, 1.807) is 31.3 Å². The van der Waals surface area contributed by atoms with Crippen LogP contribution in [0.5, 0.6) is 0 Å². The van der Waals surface area contributed by atoms with Gasteiger partial charge in [0.25, 0.3) is 0 Å². The molecule has 0 radical (unpaired) electrons. The quantitative estimate of drug-likeness (QED) is 0.684. The Labute approximate surface area is 183 Å². The largest absolute Gasteiger partial charge is 0.458 e. The average molecular weight is 448 g/mol. The molecule has 0 bridgehead atoms. The third-order valence-electron chi connectivity index (χ3n) is 4.96. The molecule has 3 rings (SSSR count). The molecule has 1 aliphatic rings. The predicted molar refractivity (Wildman–Crippen MR) is 118 cm³/mol. The van der Waals surface area contributed by atoms with E-state index in [2.05, 4.69) is 9.97 Å². The van der Waals surface area contributed by atoms with E-state index in [9.17, 15) is 18.5 Å². The number of benzene rings is 1. The summed E-state index contributed by atoms with van der Waals surface area (Å²) in [6, 6.07) is 5.94. The van der Waals surface area contributed by atoms with Crippen molar-refractivity contribution >= 4 is 29.0 Å². The second-order valence-corrected chi connectivity index (χ2v) is 9.13. The maximum Gasteiger partial charge on any atom is 0.309 e. The highest BCUT2D eigenvalue weighted by molar-refractivity contribution is 7.85. The van der Waals surface area contributed by atoms with Gasteiger partial charge in [-0.15, -0.1) is 0 Å². The van der Waals surface area contributed by atoms with Gasteiger partial charge in [0.2, 0.25) is 5.95 Å². The Hall–Kier alpha value is -2.65. The Morgan fingerprint density at radius 2 is 1.97 bits per heavy atom. The number of anilines is 1. The van der Waals surface area contributed by atoms with Crippen LogP contribution in [0.3, 0.4) is 0 Å². The summed E-state index contributed by atoms with van der Waals surface area (Å²) in [4.78, 5) is 20.9. The van der Waals surface area contributed by atoms with Gasteiger partial charge < -0.3 is 9.84 Å². The molecule has 9 heteroatoms. The Kier molecular flexibility index (Phi) is 7.17. The second-order valence-electron chi connectivity index (χ2n) is 7.74. The normalized spacial score (nSPS) is 20.2. The highest BCUT2D eigenvalue weighted by atomic mass is 32.2. The Balaban J connectivity index is 2.14. The molecule has 7 nitrogen and oxygen atoms in total. The lowest BCUT2D eigenvalue weighted by Crippen LogP contribution is -2.31. The van der Waals surface area contributed by atoms with Crippen LogP contribution in [0.2, 0.25) is 0 Å². The number of aliphatic hydroxyl groups excluding tert-OH is 1. The number of carbonyl (C=O) groups is 1. The molecular formula is C22H26FN3O4S. The number of esters is 1. The third-order valence-corrected chi connectivity index (χ3v) is 5.90. The number of carbonyl (C=O) groups excluding carboxylic acids is 1. The summed E-state index contributed by atoms with van der Waals surface area (Å²) >= 11 is 0. The smallest absolute Gasteiger partial charge is 0.309 e. The Morgan fingerprint density at radius 3 is 2.55 bits per heavy atom. The minimum absolute atomic E-state index is 0.00112. The van der Waals surface area contributed by atoms with Crippen LogP contribution in [0.1, 0.15) is 43.9 Å². The van der Waals surface area contributed by atoms with Gasteiger partial charge in [-0.25, -0.2) is 18.6 Å². The summed E-state index contributed by atoms with van der Waals surface area (Å²) in [7, 11) is 0.313. The van der Waals surface area contributed by atoms with Gasteiger partial charge in [0, 0.05) is 30.9 Å². The van der Waals surface area contributed by atoms with Crippen molar-refractivity contribution in [1.29, 1.82) is 0 Å². The summed E-state index contributed by atoms with van der Waals surface area (Å²) in [5.41, 5.74) is 2.62. The first kappa shape index (κ1) is 23.0. The van der Waals surface area contributed by atoms with Crippen LogP contribution in [0.15, 0.2) is 30.3 Å². The van der Waals surface area contributed by atoms with Gasteiger partial charge in [-0.1, -0.05) is 19.9 Å². The van der Waals surface area contributed by atoms with E-state index in [0.717, 1.165) is 0 Å². The van der Waals surface area contributed by atoms with Crippen LogP contribution in [-0.2, 0) is 20.5 Å². The number of rotatable bonds is 6. The molecule has 31 heavy (non-hydrogen) atoms. The molecule has 2 aromatic rings. The van der Waals surface area contributed by atoms with E-state index in [-0.39, 0.29) is 18.2 Å². The van der Waals surface area contributed by atoms with Gasteiger partial charge in [-0.05, 0) is 36.3 Å². The predicted octanol–water partition coefficient (Wildman–Crippen LogP) is 3.22. The molecule has 1 fully saturated rings. The van der Waals surface area contributed by atoms with Crippen molar-refractivity contribution in [1.82, 2.24) is 9.97 Å². The number of ether oxygens (including phenoxy) is 1. The SMILES string of the molecule is CC(C)c1nc(N(C)S(C)=O)nc(-c2ccc(F)cc2)c1/C=C/C1CC(O)CC(=O)O1. The van der Waals surface area contributed by atoms with Gasteiger partial charge in [0.15, 0.2) is 0 Å². The molecule has 1 N–H and O–H groups in total. The molecule has 1 aliphatic heterocycles. The fraction of sp³-hybridized carbons (Fsp3) is 0.409. The van der Waals surface area contributed by atoms with Crippen molar-refractivity contribution in [2.45, 2.75) is 44.8 Å². The molecule has 166 valence electrons. The molecule has 0 saturated carbocycles. The van der Waals surface area contributed by atoms with Crippen molar-refractivity contribution in [3.8, 4) is 11.3 Å². The van der Waals surface area contributed by atoms with Crippen LogP contribution in [0.25, 0.3) is 17.3 Å². The van der Waals surface area contributed by atoms with E-state index < -0.39 is 29.2 Å². The third kappa shape index (κ3) is 5.54. The molecule has 1 saturated heterocycles. The minimum Gasteiger partial charge on any atom is -0.458 e. The summed E-state index contributed by atoms with van der Waals surface area (Å²) in [5, 5.41) is 9.87. The van der Waals surface area contributed by atoms with Gasteiger partial charge >= 0.3 is 5.97 Å². The Morgan fingerprint density at radius 1 is 1.29 bits per heavy atom. The van der Waals surface area contributed by atoms with Gasteiger partial charge in [0.05, 0.1) is 23.9 Å². The molecule has 1 aromatic heterocycles. The highest BCUT2D eigenvalue weighted by Gasteiger charge is 2.26. The average Bonchev–Trinajstić information content (AvgIpc) is 2.71. The standard InChI is InChI=1S/C22H26FN3O4S/c1-13(2)20-18(10-9-17-11-16(27)12-19(28)30-17)21(14-5-7-15(23)8-6-14)25-22(24-20)26(3)31(4)29/h5-10,13,16-17,27H,11-12H2,1-4H3/b10-9+. The van der Waals surface area contributed by atoms with E-state index in [0.29, 0.717) is 34.9 Å². The lowest BCUT2D eigenvalue weighted by Gasteiger charge is -2.24. The topological polar surface area (TPSA) is 92.6 Å². The molecule has 0 amide bonds. The molecule has 3 atom stereocenters. The van der Waals surface area contributed by atoms with E-state index in [4.69, 9.17) is 4.74 Å². The van der Waals surface area contributed by atoms with E-state index >= 15 is 0 Å². The van der Waals surface area contributed by atoms with Crippen molar-refractivity contribution in [3.63, 3.8) is 0 Å². The maximum atomic E-state index is 13.5. The molecule has 1 aromatic carbocycles. The van der Waals surface area contributed by atoms with Crippen LogP contribution in [0, 0.1) is 5.82 Å². The molecule has 2 heterocycles. The fourth-order valence-electron chi connectivity index (χ4n) is 3.29. The summed E-state index contributed by atoms with van der Waals surface area (Å²) in [6.45, 7) is 3.95. The first-order valence-corrected chi connectivity index (χ1v) is 11.5. The zero-order valence-electron chi connectivity index (χ0n) is 17.9. The van der Waals surface area contributed by atoms with E-state index in [1.807, 2.05) is 13.8 Å². The lowest BCUT2D eigenvalue weighted by molar-refractivity contribution is -0.156. The number of cyclic esters (lactones) is 1. The van der Waals surface area contributed by atoms with Crippen molar-refractivity contribution in [3.05, 3.63) is 47.4 Å². The van der Waals surface area contributed by atoms with Gasteiger partial charge in [-0.3, -0.25) is 9.10 Å². The number of aromatic nitrogens is 2. The van der Waals surface area contributed by atoms with Crippen LogP contribution in [0.4, 0.5) is 10.3 Å². The molecular weight excluding hydrogens is 421 g/mol.